The van der Waals surface area contributed by atoms with Crippen molar-refractivity contribution in [2.75, 3.05) is 25.0 Å². The number of para-hydroxylation sites is 2. The number of carboxylic acid groups (broad SMARTS) is 1. The number of carbonyl (C=O) groups excluding carboxylic acids is 1. The molecule has 1 aliphatic heterocycles. The summed E-state index contributed by atoms with van der Waals surface area (Å²) in [6, 6.07) is 11.3. The maximum atomic E-state index is 12.8. The van der Waals surface area contributed by atoms with E-state index in [2.05, 4.69) is 5.32 Å². The van der Waals surface area contributed by atoms with Crippen molar-refractivity contribution in [1.82, 2.24) is 9.47 Å². The second-order valence-corrected chi connectivity index (χ2v) is 8.18. The van der Waals surface area contributed by atoms with Crippen LogP contribution in [0.2, 0.25) is 0 Å². The van der Waals surface area contributed by atoms with Crippen molar-refractivity contribution in [3.63, 3.8) is 0 Å². The summed E-state index contributed by atoms with van der Waals surface area (Å²) in [7, 11) is 1.88. The highest BCUT2D eigenvalue weighted by Crippen LogP contribution is 2.28. The Morgan fingerprint density at radius 2 is 2.00 bits per heavy atom. The minimum absolute atomic E-state index is 0.179. The van der Waals surface area contributed by atoms with Crippen molar-refractivity contribution in [3.8, 4) is 5.75 Å². The smallest absolute Gasteiger partial charge is 0.407 e. The number of ether oxygens (including phenoxy) is 1. The zero-order valence-electron chi connectivity index (χ0n) is 16.1. The first kappa shape index (κ1) is 19.3. The van der Waals surface area contributed by atoms with Gasteiger partial charge in [0.05, 0.1) is 22.5 Å². The van der Waals surface area contributed by atoms with E-state index >= 15 is 0 Å². The predicted octanol–water partition coefficient (Wildman–Crippen LogP) is 4.26. The minimum Gasteiger partial charge on any atom is -0.491 e. The van der Waals surface area contributed by atoms with Crippen molar-refractivity contribution in [3.05, 3.63) is 47.5 Å². The number of piperidine rings is 1. The van der Waals surface area contributed by atoms with Gasteiger partial charge in [-0.15, -0.1) is 11.3 Å². The third-order valence-electron chi connectivity index (χ3n) is 5.39. The van der Waals surface area contributed by atoms with Gasteiger partial charge in [0.1, 0.15) is 11.4 Å². The van der Waals surface area contributed by atoms with Gasteiger partial charge in [-0.05, 0) is 48.4 Å². The summed E-state index contributed by atoms with van der Waals surface area (Å²) in [6.07, 6.45) is 0.694. The SMILES string of the molecule is Cn1c(C(=O)Nc2ccccc2OCC2CCN(C(=O)O)CC2)cc2sccc21. The fraction of sp³-hybridized carbons (Fsp3) is 0.333. The summed E-state index contributed by atoms with van der Waals surface area (Å²) in [5.74, 6) is 0.744. The predicted molar refractivity (Wildman–Crippen MR) is 113 cm³/mol. The van der Waals surface area contributed by atoms with Crippen LogP contribution < -0.4 is 10.1 Å². The molecule has 1 saturated heterocycles. The zero-order chi connectivity index (χ0) is 20.4. The third-order valence-corrected chi connectivity index (χ3v) is 6.24. The number of rotatable bonds is 5. The van der Waals surface area contributed by atoms with Crippen LogP contribution >= 0.6 is 11.3 Å². The molecular weight excluding hydrogens is 390 g/mol. The van der Waals surface area contributed by atoms with Crippen LogP contribution in [-0.4, -0.2) is 46.3 Å². The Morgan fingerprint density at radius 3 is 2.72 bits per heavy atom. The Bertz CT molecular complexity index is 1030. The second-order valence-electron chi connectivity index (χ2n) is 7.23. The van der Waals surface area contributed by atoms with Crippen LogP contribution in [0.1, 0.15) is 23.3 Å². The number of anilines is 1. The van der Waals surface area contributed by atoms with Gasteiger partial charge in [0, 0.05) is 20.1 Å². The van der Waals surface area contributed by atoms with Gasteiger partial charge in [0.15, 0.2) is 0 Å². The first-order valence-corrected chi connectivity index (χ1v) is 10.4. The van der Waals surface area contributed by atoms with Crippen LogP contribution in [-0.2, 0) is 7.05 Å². The van der Waals surface area contributed by atoms with E-state index in [1.165, 1.54) is 4.90 Å². The summed E-state index contributed by atoms with van der Waals surface area (Å²) < 4.78 is 8.97. The lowest BCUT2D eigenvalue weighted by Gasteiger charge is -2.30. The van der Waals surface area contributed by atoms with Crippen LogP contribution in [0, 0.1) is 5.92 Å². The van der Waals surface area contributed by atoms with Crippen LogP contribution in [0.15, 0.2) is 41.8 Å². The van der Waals surface area contributed by atoms with Gasteiger partial charge in [0.25, 0.3) is 5.91 Å². The van der Waals surface area contributed by atoms with E-state index in [0.717, 1.165) is 23.1 Å². The number of hydrogen-bond donors (Lipinski definition) is 2. The van der Waals surface area contributed by atoms with E-state index in [1.54, 1.807) is 11.3 Å². The molecule has 3 heterocycles. The monoisotopic (exact) mass is 413 g/mol. The Hall–Kier alpha value is -3.00. The molecule has 3 aromatic rings. The molecule has 0 saturated carbocycles. The highest BCUT2D eigenvalue weighted by Gasteiger charge is 2.23. The number of thiophene rings is 1. The maximum Gasteiger partial charge on any atom is 0.407 e. The summed E-state index contributed by atoms with van der Waals surface area (Å²) in [6.45, 7) is 1.57. The highest BCUT2D eigenvalue weighted by molar-refractivity contribution is 7.17. The first-order valence-electron chi connectivity index (χ1n) is 9.57. The molecule has 2 N–H and O–H groups in total. The molecule has 0 unspecified atom stereocenters. The Balaban J connectivity index is 1.40. The lowest BCUT2D eigenvalue weighted by Crippen LogP contribution is -2.38. The molecule has 7 nitrogen and oxygen atoms in total. The molecule has 1 aromatic carbocycles. The molecule has 1 fully saturated rings. The molecule has 4 rings (SSSR count). The lowest BCUT2D eigenvalue weighted by atomic mass is 9.98. The number of aromatic nitrogens is 1. The number of nitrogens with zero attached hydrogens (tertiary/aromatic N) is 2. The molecule has 2 amide bonds. The van der Waals surface area contributed by atoms with Gasteiger partial charge in [-0.3, -0.25) is 4.79 Å². The fourth-order valence-electron chi connectivity index (χ4n) is 3.65. The molecule has 0 spiro atoms. The molecule has 1 aliphatic rings. The number of likely N-dealkylation sites (tertiary alicyclic amines) is 1. The number of amides is 2. The average molecular weight is 413 g/mol. The third kappa shape index (κ3) is 4.07. The first-order chi connectivity index (χ1) is 14.0. The molecule has 8 heteroatoms. The number of carbonyl (C=O) groups is 2. The van der Waals surface area contributed by atoms with Crippen molar-refractivity contribution in [1.29, 1.82) is 0 Å². The highest BCUT2D eigenvalue weighted by atomic mass is 32.1. The standard InChI is InChI=1S/C21H23N3O4S/c1-23-16-8-11-29-19(16)12-17(23)20(25)22-15-4-2-3-5-18(15)28-13-14-6-9-24(10-7-14)21(26)27/h2-5,8,11-12,14H,6-7,9-10,13H2,1H3,(H,22,25)(H,26,27). The van der Waals surface area contributed by atoms with Crippen LogP contribution in [0.3, 0.4) is 0 Å². The van der Waals surface area contributed by atoms with Gasteiger partial charge in [-0.25, -0.2) is 4.79 Å². The molecule has 2 aromatic heterocycles. The van der Waals surface area contributed by atoms with Crippen LogP contribution in [0.5, 0.6) is 5.75 Å². The molecule has 0 atom stereocenters. The second kappa shape index (κ2) is 8.16. The molecule has 29 heavy (non-hydrogen) atoms. The van der Waals surface area contributed by atoms with Crippen molar-refractivity contribution in [2.24, 2.45) is 13.0 Å². The minimum atomic E-state index is -0.863. The van der Waals surface area contributed by atoms with Crippen molar-refractivity contribution >= 4 is 39.2 Å². The number of fused-ring (bicyclic) bond motifs is 1. The van der Waals surface area contributed by atoms with Gasteiger partial charge >= 0.3 is 6.09 Å². The number of aryl methyl sites for hydroxylation is 1. The summed E-state index contributed by atoms with van der Waals surface area (Å²) in [5, 5.41) is 14.0. The Morgan fingerprint density at radius 1 is 1.24 bits per heavy atom. The van der Waals surface area contributed by atoms with E-state index < -0.39 is 6.09 Å². The van der Waals surface area contributed by atoms with E-state index in [-0.39, 0.29) is 5.91 Å². The average Bonchev–Trinajstić information content (AvgIpc) is 3.30. The molecule has 0 radical (unpaired) electrons. The largest absolute Gasteiger partial charge is 0.491 e. The zero-order valence-corrected chi connectivity index (χ0v) is 16.9. The molecule has 152 valence electrons. The van der Waals surface area contributed by atoms with E-state index in [0.29, 0.717) is 42.7 Å². The summed E-state index contributed by atoms with van der Waals surface area (Å²) in [5.41, 5.74) is 2.27. The van der Waals surface area contributed by atoms with Crippen LogP contribution in [0.25, 0.3) is 10.2 Å². The van der Waals surface area contributed by atoms with Gasteiger partial charge < -0.3 is 24.6 Å². The topological polar surface area (TPSA) is 83.8 Å². The number of hydrogen-bond acceptors (Lipinski definition) is 4. The number of benzene rings is 1. The summed E-state index contributed by atoms with van der Waals surface area (Å²) >= 11 is 1.61. The Kier molecular flexibility index (Phi) is 5.44. The molecular formula is C21H23N3O4S. The lowest BCUT2D eigenvalue weighted by molar-refractivity contribution is 0.101. The number of nitrogens with one attached hydrogen (secondary N) is 1. The molecule has 0 bridgehead atoms. The van der Waals surface area contributed by atoms with E-state index in [4.69, 9.17) is 9.84 Å². The van der Waals surface area contributed by atoms with E-state index in [1.807, 2.05) is 53.4 Å². The van der Waals surface area contributed by atoms with Gasteiger partial charge in [0.2, 0.25) is 0 Å². The van der Waals surface area contributed by atoms with E-state index in [9.17, 15) is 9.59 Å². The van der Waals surface area contributed by atoms with Crippen molar-refractivity contribution < 1.29 is 19.4 Å². The molecule has 0 aliphatic carbocycles. The van der Waals surface area contributed by atoms with Crippen molar-refractivity contribution in [2.45, 2.75) is 12.8 Å². The maximum absolute atomic E-state index is 12.8. The van der Waals surface area contributed by atoms with Gasteiger partial charge in [-0.1, -0.05) is 12.1 Å². The fourth-order valence-corrected chi connectivity index (χ4v) is 4.50. The van der Waals surface area contributed by atoms with Gasteiger partial charge in [-0.2, -0.15) is 0 Å². The normalized spacial score (nSPS) is 14.9. The Labute approximate surface area is 172 Å². The quantitative estimate of drug-likeness (QED) is 0.655. The van der Waals surface area contributed by atoms with Crippen LogP contribution in [0.4, 0.5) is 10.5 Å². The summed E-state index contributed by atoms with van der Waals surface area (Å²) in [4.78, 5) is 25.3.